The van der Waals surface area contributed by atoms with E-state index in [1.807, 2.05) is 0 Å². The molecule has 368 valence electrons. The summed E-state index contributed by atoms with van der Waals surface area (Å²) in [5.74, 6) is -10.2. The summed E-state index contributed by atoms with van der Waals surface area (Å²) in [5, 5.41) is 33.2. The molecule has 17 N–H and O–H groups in total. The number of amides is 8. The summed E-state index contributed by atoms with van der Waals surface area (Å²) in [6.07, 6.45) is -0.852. The number of nitrogens with one attached hydrogen (secondary N) is 7. The predicted octanol–water partition coefficient (Wildman–Crippen LogP) is -4.31. The van der Waals surface area contributed by atoms with Crippen LogP contribution in [0.1, 0.15) is 49.4 Å². The number of rotatable bonds is 28. The average Bonchev–Trinajstić information content (AvgIpc) is 3.77. The van der Waals surface area contributed by atoms with Gasteiger partial charge >= 0.3 is 13.8 Å². The van der Waals surface area contributed by atoms with Gasteiger partial charge in [-0.25, -0.2) is 9.55 Å². The van der Waals surface area contributed by atoms with E-state index >= 15 is 0 Å². The van der Waals surface area contributed by atoms with Crippen LogP contribution in [0.15, 0.2) is 61.1 Å². The summed E-state index contributed by atoms with van der Waals surface area (Å²) < 4.78 is 16.0. The van der Waals surface area contributed by atoms with Gasteiger partial charge < -0.3 is 73.6 Å². The Morgan fingerprint density at radius 2 is 1.16 bits per heavy atom. The lowest BCUT2D eigenvalue weighted by atomic mass is 10.0. The number of carbonyl (C=O) groups is 10. The number of carboxylic acid groups (broad SMARTS) is 1. The highest BCUT2D eigenvalue weighted by Gasteiger charge is 2.34. The highest BCUT2D eigenvalue weighted by molar-refractivity contribution is 7.46. The van der Waals surface area contributed by atoms with Gasteiger partial charge in [-0.3, -0.25) is 52.9 Å². The van der Waals surface area contributed by atoms with Crippen LogP contribution in [0, 0.1) is 0 Å². The first-order chi connectivity index (χ1) is 31.9. The number of carboxylic acids is 1. The van der Waals surface area contributed by atoms with Gasteiger partial charge in [-0.2, -0.15) is 0 Å². The maximum absolute atomic E-state index is 14.4. The number of phosphoric ester groups is 1. The summed E-state index contributed by atoms with van der Waals surface area (Å²) in [7, 11) is -5.00. The van der Waals surface area contributed by atoms with Crippen molar-refractivity contribution in [1.82, 2.24) is 41.9 Å². The zero-order chi connectivity index (χ0) is 50.7. The molecule has 0 aliphatic rings. The second-order valence-electron chi connectivity index (χ2n) is 15.2. The highest BCUT2D eigenvalue weighted by atomic mass is 31.2. The molecule has 7 atom stereocenters. The minimum absolute atomic E-state index is 0.101. The molecule has 0 bridgehead atoms. The highest BCUT2D eigenvalue weighted by Crippen LogP contribution is 2.37. The Bertz CT molecular complexity index is 2330. The molecule has 1 heterocycles. The summed E-state index contributed by atoms with van der Waals surface area (Å²) in [4.78, 5) is 154. The average molecular weight is 974 g/mol. The number of aromatic nitrogens is 2. The quantitative estimate of drug-likeness (QED) is 0.0242. The third-order valence-corrected chi connectivity index (χ3v) is 9.94. The number of benzene rings is 2. The third-order valence-electron chi connectivity index (χ3n) is 9.49. The van der Waals surface area contributed by atoms with Crippen LogP contribution in [0.2, 0.25) is 0 Å². The van der Waals surface area contributed by atoms with Crippen molar-refractivity contribution in [2.75, 3.05) is 0 Å². The van der Waals surface area contributed by atoms with Gasteiger partial charge in [0.1, 0.15) is 48.0 Å². The van der Waals surface area contributed by atoms with Crippen LogP contribution in [0.25, 0.3) is 0 Å². The number of phenolic OH excluding ortho intramolecular Hbond substituents is 1. The number of aromatic amines is 1. The van der Waals surface area contributed by atoms with Gasteiger partial charge in [0, 0.05) is 37.6 Å². The molecule has 0 spiro atoms. The number of nitrogens with zero attached hydrogens (tertiary/aromatic N) is 1. The number of hydrogen-bond acceptors (Lipinski definition) is 15. The van der Waals surface area contributed by atoms with E-state index in [9.17, 15) is 67.4 Å². The molecule has 0 saturated carbocycles. The minimum atomic E-state index is -5.00. The Labute approximate surface area is 386 Å². The topological polar surface area (TPSA) is 457 Å². The molecule has 68 heavy (non-hydrogen) atoms. The molecule has 0 unspecified atom stereocenters. The second-order valence-corrected chi connectivity index (χ2v) is 16.4. The summed E-state index contributed by atoms with van der Waals surface area (Å²) in [6.45, 7) is 1.36. The van der Waals surface area contributed by atoms with Crippen molar-refractivity contribution >= 4 is 67.3 Å². The van der Waals surface area contributed by atoms with Crippen molar-refractivity contribution in [1.29, 1.82) is 0 Å². The van der Waals surface area contributed by atoms with Crippen molar-refractivity contribution in [3.8, 4) is 11.5 Å². The molecule has 3 rings (SSSR count). The lowest BCUT2D eigenvalue weighted by molar-refractivity contribution is -0.139. The van der Waals surface area contributed by atoms with Crippen LogP contribution in [-0.2, 0) is 71.8 Å². The first-order valence-electron chi connectivity index (χ1n) is 20.3. The van der Waals surface area contributed by atoms with E-state index in [0.29, 0.717) is 11.3 Å². The number of phenols is 1. The van der Waals surface area contributed by atoms with Crippen molar-refractivity contribution in [2.24, 2.45) is 17.2 Å². The van der Waals surface area contributed by atoms with E-state index in [1.54, 1.807) is 0 Å². The van der Waals surface area contributed by atoms with Crippen LogP contribution in [-0.4, -0.2) is 132 Å². The number of aldehydes is 1. The van der Waals surface area contributed by atoms with Crippen molar-refractivity contribution in [2.45, 2.75) is 94.2 Å². The van der Waals surface area contributed by atoms with E-state index in [-0.39, 0.29) is 36.2 Å². The molecule has 8 amide bonds. The molecule has 0 aliphatic carbocycles. The first-order valence-corrected chi connectivity index (χ1v) is 21.9. The zero-order valence-electron chi connectivity index (χ0n) is 36.2. The number of H-pyrrole nitrogens is 1. The number of carbonyl (C=O) groups excluding carboxylic acids is 9. The zero-order valence-corrected chi connectivity index (χ0v) is 37.1. The van der Waals surface area contributed by atoms with Gasteiger partial charge in [-0.15, -0.1) is 0 Å². The van der Waals surface area contributed by atoms with E-state index in [4.69, 9.17) is 22.3 Å². The number of nitrogens with two attached hydrogens (primary N) is 3. The molecule has 3 aromatic rings. The predicted molar refractivity (Wildman–Crippen MR) is 233 cm³/mol. The van der Waals surface area contributed by atoms with Crippen LogP contribution in [0.3, 0.4) is 0 Å². The van der Waals surface area contributed by atoms with E-state index < -0.39 is 135 Å². The smallest absolute Gasteiger partial charge is 0.508 e. The Hall–Kier alpha value is -7.74. The van der Waals surface area contributed by atoms with Gasteiger partial charge in [0.2, 0.25) is 47.3 Å². The maximum Gasteiger partial charge on any atom is 0.524 e. The molecule has 0 aliphatic heterocycles. The second kappa shape index (κ2) is 25.8. The van der Waals surface area contributed by atoms with Gasteiger partial charge in [0.15, 0.2) is 0 Å². The normalized spacial score (nSPS) is 14.2. The van der Waals surface area contributed by atoms with E-state index in [2.05, 4.69) is 46.4 Å². The Morgan fingerprint density at radius 1 is 0.691 bits per heavy atom. The van der Waals surface area contributed by atoms with Crippen LogP contribution in [0.4, 0.5) is 0 Å². The number of hydrogen-bond donors (Lipinski definition) is 14. The van der Waals surface area contributed by atoms with Gasteiger partial charge in [0.05, 0.1) is 31.3 Å². The molecular weight excluding hydrogens is 921 g/mol. The minimum Gasteiger partial charge on any atom is -0.508 e. The number of phosphoric acid groups is 1. The van der Waals surface area contributed by atoms with Crippen LogP contribution in [0.5, 0.6) is 11.5 Å². The number of aliphatic carboxylic acids is 1. The van der Waals surface area contributed by atoms with Crippen molar-refractivity contribution in [3.05, 3.63) is 77.9 Å². The Morgan fingerprint density at radius 3 is 1.62 bits per heavy atom. The number of aromatic hydroxyl groups is 1. The number of imidazole rings is 1. The van der Waals surface area contributed by atoms with E-state index in [1.165, 1.54) is 55.8 Å². The lowest BCUT2D eigenvalue weighted by Crippen LogP contribution is -2.60. The molecule has 1 aromatic heterocycles. The third kappa shape index (κ3) is 19.4. The van der Waals surface area contributed by atoms with Gasteiger partial charge in [0.25, 0.3) is 0 Å². The molecule has 0 fully saturated rings. The van der Waals surface area contributed by atoms with Crippen molar-refractivity contribution < 1.29 is 77.0 Å². The fraction of sp³-hybridized carbons (Fsp3) is 0.375. The number of primary amides is 2. The molecule has 27 nitrogen and oxygen atoms in total. The summed E-state index contributed by atoms with van der Waals surface area (Å²) in [6, 6.07) is -0.831. The standard InChI is InChI=1S/C40H52N11O16P/c1-20(41)35(58)48-30(14-23-17-44-19-45-23)40(63)47-27(10-11-32(42)54)36(59)49-28(12-21-2-6-25(53)7-3-21)38(61)50-29(13-22-4-8-26(9-5-22)67-68(64,65)66)39(62)51-31(16-33(43)55)37(60)46-24(18-52)15-34(56)57/h2-9,17-20,24,27-31,53H,10-16,41H2,1H3,(H2,42,54)(H2,43,55)(H,44,45)(H,46,60)(H,47,63)(H,48,58)(H,49,59)(H,50,61)(H,51,62)(H,56,57)(H2,64,65,66)/t20-,24-,27-,28-,29-,30-,31-/m0/s1. The Balaban J connectivity index is 2.04. The van der Waals surface area contributed by atoms with Crippen LogP contribution < -0.4 is 53.6 Å². The molecular formula is C40H52N11O16P. The summed E-state index contributed by atoms with van der Waals surface area (Å²) in [5.41, 5.74) is 17.3. The largest absolute Gasteiger partial charge is 0.524 e. The van der Waals surface area contributed by atoms with E-state index in [0.717, 1.165) is 12.1 Å². The molecule has 0 radical (unpaired) electrons. The molecule has 0 saturated heterocycles. The Kier molecular flexibility index (Phi) is 20.7. The SMILES string of the molecule is C[C@H](N)C(=O)N[C@@H](Cc1cnc[nH]1)C(=O)N[C@@H](CCC(N)=O)C(=O)N[C@@H](Cc1ccc(O)cc1)C(=O)N[C@@H](Cc1ccc(OP(=O)(O)O)cc1)C(=O)N[C@@H](CC(N)=O)C(=O)N[C@H](C=O)CC(=O)O. The monoisotopic (exact) mass is 973 g/mol. The molecule has 28 heteroatoms. The fourth-order valence-corrected chi connectivity index (χ4v) is 6.53. The summed E-state index contributed by atoms with van der Waals surface area (Å²) >= 11 is 0. The fourth-order valence-electron chi connectivity index (χ4n) is 6.13. The first kappa shape index (κ1) is 54.6. The van der Waals surface area contributed by atoms with Crippen LogP contribution >= 0.6 is 7.82 Å². The van der Waals surface area contributed by atoms with Crippen molar-refractivity contribution in [3.63, 3.8) is 0 Å². The van der Waals surface area contributed by atoms with Gasteiger partial charge in [-0.05, 0) is 48.7 Å². The lowest BCUT2D eigenvalue weighted by Gasteiger charge is -2.27. The van der Waals surface area contributed by atoms with Gasteiger partial charge in [-0.1, -0.05) is 24.3 Å². The maximum atomic E-state index is 14.4. The molecule has 2 aromatic carbocycles.